The van der Waals surface area contributed by atoms with Gasteiger partial charge in [-0.1, -0.05) is 25.1 Å². The lowest BCUT2D eigenvalue weighted by Crippen LogP contribution is -2.47. The van der Waals surface area contributed by atoms with Crippen LogP contribution in [-0.4, -0.2) is 41.8 Å². The lowest BCUT2D eigenvalue weighted by Gasteiger charge is -2.40. The number of nitrogens with two attached hydrogens (primary N) is 1. The van der Waals surface area contributed by atoms with E-state index in [1.165, 1.54) is 11.3 Å². The Morgan fingerprint density at radius 3 is 2.69 bits per heavy atom. The van der Waals surface area contributed by atoms with Crippen LogP contribution in [0.25, 0.3) is 10.2 Å². The highest BCUT2D eigenvalue weighted by molar-refractivity contribution is 7.21. The van der Waals surface area contributed by atoms with Gasteiger partial charge in [-0.15, -0.1) is 11.3 Å². The molecule has 1 aromatic carbocycles. The predicted molar refractivity (Wildman–Crippen MR) is 116 cm³/mol. The number of aromatic nitrogens is 1. The number of nitrogen functional groups attached to an aromatic ring is 1. The summed E-state index contributed by atoms with van der Waals surface area (Å²) in [7, 11) is 1.59. The number of thiophene rings is 1. The summed E-state index contributed by atoms with van der Waals surface area (Å²) in [5.41, 5.74) is 8.02. The molecule has 1 atom stereocenters. The highest BCUT2D eigenvalue weighted by atomic mass is 32.1. The largest absolute Gasteiger partial charge is 0.397 e. The van der Waals surface area contributed by atoms with E-state index in [2.05, 4.69) is 12.2 Å². The summed E-state index contributed by atoms with van der Waals surface area (Å²) in [5.74, 6) is -0.143. The van der Waals surface area contributed by atoms with E-state index in [0.717, 1.165) is 35.3 Å². The number of pyridine rings is 1. The predicted octanol–water partition coefficient (Wildman–Crippen LogP) is 3.43. The number of piperidine rings is 1. The molecule has 1 unspecified atom stereocenters. The molecule has 0 bridgehead atoms. The van der Waals surface area contributed by atoms with Crippen LogP contribution in [-0.2, 0) is 5.41 Å². The van der Waals surface area contributed by atoms with Crippen molar-refractivity contribution in [1.82, 2.24) is 15.2 Å². The maximum atomic E-state index is 12.9. The molecule has 1 aliphatic rings. The lowest BCUT2D eigenvalue weighted by molar-refractivity contribution is 0.0648. The number of carbonyl (C=O) groups excluding carboxylic acids is 2. The molecule has 2 aromatic heterocycles. The first kappa shape index (κ1) is 19.4. The van der Waals surface area contributed by atoms with Crippen LogP contribution in [0, 0.1) is 0 Å². The molecule has 2 amide bonds. The van der Waals surface area contributed by atoms with Gasteiger partial charge in [0.05, 0.1) is 5.69 Å². The van der Waals surface area contributed by atoms with E-state index in [1.54, 1.807) is 7.05 Å². The Balaban J connectivity index is 1.65. The van der Waals surface area contributed by atoms with Crippen LogP contribution in [0.2, 0.25) is 0 Å². The van der Waals surface area contributed by atoms with Crippen molar-refractivity contribution in [3.05, 3.63) is 58.6 Å². The summed E-state index contributed by atoms with van der Waals surface area (Å²) >= 11 is 1.31. The van der Waals surface area contributed by atoms with Crippen LogP contribution in [0.4, 0.5) is 5.69 Å². The van der Waals surface area contributed by atoms with Crippen LogP contribution >= 0.6 is 11.3 Å². The third-order valence-electron chi connectivity index (χ3n) is 5.65. The van der Waals surface area contributed by atoms with E-state index in [4.69, 9.17) is 10.7 Å². The molecular formula is C22H24N4O2S. The number of nitrogens with one attached hydrogen (secondary N) is 1. The minimum absolute atomic E-state index is 0.0554. The highest BCUT2D eigenvalue weighted by Gasteiger charge is 2.36. The third kappa shape index (κ3) is 3.46. The quantitative estimate of drug-likeness (QED) is 0.695. The number of fused-ring (bicyclic) bond motifs is 1. The molecule has 4 rings (SSSR count). The molecular weight excluding hydrogens is 384 g/mol. The van der Waals surface area contributed by atoms with Gasteiger partial charge in [0.15, 0.2) is 0 Å². The van der Waals surface area contributed by atoms with Crippen LogP contribution in [0.1, 0.15) is 45.5 Å². The van der Waals surface area contributed by atoms with E-state index in [0.29, 0.717) is 22.7 Å². The lowest BCUT2D eigenvalue weighted by atomic mass is 9.78. The van der Waals surface area contributed by atoms with Gasteiger partial charge < -0.3 is 16.0 Å². The Morgan fingerprint density at radius 1 is 1.21 bits per heavy atom. The average Bonchev–Trinajstić information content (AvgIpc) is 3.09. The topological polar surface area (TPSA) is 88.3 Å². The second-order valence-electron chi connectivity index (χ2n) is 7.73. The van der Waals surface area contributed by atoms with Crippen molar-refractivity contribution in [2.75, 3.05) is 25.9 Å². The Hall–Kier alpha value is -2.93. The Labute approximate surface area is 173 Å². The zero-order chi connectivity index (χ0) is 20.6. The molecule has 0 radical (unpaired) electrons. The maximum absolute atomic E-state index is 12.9. The number of benzene rings is 1. The van der Waals surface area contributed by atoms with Crippen molar-refractivity contribution < 1.29 is 9.59 Å². The smallest absolute Gasteiger partial charge is 0.263 e. The number of anilines is 1. The average molecular weight is 409 g/mol. The van der Waals surface area contributed by atoms with Crippen LogP contribution in [0.15, 0.2) is 42.5 Å². The Kier molecular flexibility index (Phi) is 5.00. The van der Waals surface area contributed by atoms with E-state index < -0.39 is 0 Å². The van der Waals surface area contributed by atoms with Gasteiger partial charge in [-0.05, 0) is 37.1 Å². The first-order valence-corrected chi connectivity index (χ1v) is 10.5. The molecule has 3 heterocycles. The van der Waals surface area contributed by atoms with E-state index >= 15 is 0 Å². The number of likely N-dealkylation sites (tertiary alicyclic amines) is 1. The van der Waals surface area contributed by atoms with Crippen molar-refractivity contribution in [2.24, 2.45) is 0 Å². The molecule has 0 aliphatic carbocycles. The minimum Gasteiger partial charge on any atom is -0.397 e. The fraction of sp³-hybridized carbons (Fsp3) is 0.318. The molecule has 1 saturated heterocycles. The van der Waals surface area contributed by atoms with Gasteiger partial charge in [-0.2, -0.15) is 0 Å². The third-order valence-corrected chi connectivity index (χ3v) is 6.76. The Bertz CT molecular complexity index is 1080. The summed E-state index contributed by atoms with van der Waals surface area (Å²) in [5, 5.41) is 3.42. The van der Waals surface area contributed by atoms with E-state index in [9.17, 15) is 9.59 Å². The molecule has 0 saturated carbocycles. The molecule has 150 valence electrons. The normalized spacial score (nSPS) is 19.3. The van der Waals surface area contributed by atoms with E-state index in [1.807, 2.05) is 47.4 Å². The number of nitrogens with zero attached hydrogens (tertiary/aromatic N) is 2. The van der Waals surface area contributed by atoms with Gasteiger partial charge in [0.1, 0.15) is 9.71 Å². The van der Waals surface area contributed by atoms with Crippen LogP contribution in [0.5, 0.6) is 0 Å². The van der Waals surface area contributed by atoms with Crippen molar-refractivity contribution in [3.8, 4) is 0 Å². The summed E-state index contributed by atoms with van der Waals surface area (Å²) < 4.78 is 0. The number of rotatable bonds is 3. The monoisotopic (exact) mass is 408 g/mol. The van der Waals surface area contributed by atoms with Crippen molar-refractivity contribution >= 4 is 39.1 Å². The van der Waals surface area contributed by atoms with Gasteiger partial charge in [0.25, 0.3) is 11.8 Å². The number of hydrogen-bond acceptors (Lipinski definition) is 5. The molecule has 3 N–H and O–H groups in total. The van der Waals surface area contributed by atoms with Crippen molar-refractivity contribution in [3.63, 3.8) is 0 Å². The zero-order valence-corrected chi connectivity index (χ0v) is 17.4. The standard InChI is InChI=1S/C22H24N4O2S/c1-22(11-6-12-26(13-22)21(28)14-7-4-3-5-8-14)16-10-9-15-17(23)18(19(27)24-2)29-20(15)25-16/h3-5,7-10H,6,11-13,23H2,1-2H3,(H,24,27). The number of amides is 2. The summed E-state index contributed by atoms with van der Waals surface area (Å²) in [6.45, 7) is 3.52. The summed E-state index contributed by atoms with van der Waals surface area (Å²) in [6, 6.07) is 13.3. The minimum atomic E-state index is -0.247. The molecule has 0 spiro atoms. The molecule has 3 aromatic rings. The van der Waals surface area contributed by atoms with Crippen LogP contribution in [0.3, 0.4) is 0 Å². The first-order valence-electron chi connectivity index (χ1n) is 9.69. The molecule has 1 aliphatic heterocycles. The fourth-order valence-corrected chi connectivity index (χ4v) is 5.04. The highest BCUT2D eigenvalue weighted by Crippen LogP contribution is 2.37. The first-order chi connectivity index (χ1) is 13.9. The van der Waals surface area contributed by atoms with Gasteiger partial charge >= 0.3 is 0 Å². The molecule has 29 heavy (non-hydrogen) atoms. The van der Waals surface area contributed by atoms with Crippen LogP contribution < -0.4 is 11.1 Å². The van der Waals surface area contributed by atoms with Gasteiger partial charge in [-0.25, -0.2) is 4.98 Å². The second kappa shape index (κ2) is 7.48. The zero-order valence-electron chi connectivity index (χ0n) is 16.6. The number of carbonyl (C=O) groups is 2. The number of hydrogen-bond donors (Lipinski definition) is 2. The Morgan fingerprint density at radius 2 is 1.97 bits per heavy atom. The molecule has 7 heteroatoms. The maximum Gasteiger partial charge on any atom is 0.263 e. The molecule has 1 fully saturated rings. The second-order valence-corrected chi connectivity index (χ2v) is 8.73. The SMILES string of the molecule is CNC(=O)c1sc2nc(C3(C)CCCN(C(=O)c4ccccc4)C3)ccc2c1N. The fourth-order valence-electron chi connectivity index (χ4n) is 4.00. The van der Waals surface area contributed by atoms with Crippen molar-refractivity contribution in [2.45, 2.75) is 25.2 Å². The van der Waals surface area contributed by atoms with Gasteiger partial charge in [0.2, 0.25) is 0 Å². The van der Waals surface area contributed by atoms with E-state index in [-0.39, 0.29) is 17.2 Å². The molecule has 6 nitrogen and oxygen atoms in total. The van der Waals surface area contributed by atoms with Gasteiger partial charge in [-0.3, -0.25) is 9.59 Å². The summed E-state index contributed by atoms with van der Waals surface area (Å²) in [6.07, 6.45) is 1.87. The summed E-state index contributed by atoms with van der Waals surface area (Å²) in [4.78, 5) is 33.0. The van der Waals surface area contributed by atoms with Gasteiger partial charge in [0, 0.05) is 42.2 Å². The van der Waals surface area contributed by atoms with Crippen molar-refractivity contribution in [1.29, 1.82) is 0 Å².